The van der Waals surface area contributed by atoms with Gasteiger partial charge >= 0.3 is 6.09 Å². The number of aliphatic hydroxyl groups is 1. The van der Waals surface area contributed by atoms with Crippen LogP contribution in [-0.2, 0) is 11.3 Å². The van der Waals surface area contributed by atoms with Crippen molar-refractivity contribution < 1.29 is 14.6 Å². The van der Waals surface area contributed by atoms with Crippen LogP contribution < -0.4 is 5.32 Å². The van der Waals surface area contributed by atoms with Crippen molar-refractivity contribution in [2.45, 2.75) is 51.3 Å². The van der Waals surface area contributed by atoms with E-state index in [1.165, 1.54) is 5.56 Å². The van der Waals surface area contributed by atoms with Crippen LogP contribution in [-0.4, -0.2) is 46.9 Å². The zero-order chi connectivity index (χ0) is 16.9. The number of carbonyl (C=O) groups is 1. The van der Waals surface area contributed by atoms with Crippen LogP contribution in [0.15, 0.2) is 30.3 Å². The van der Waals surface area contributed by atoms with Crippen LogP contribution in [0.1, 0.15) is 39.2 Å². The number of rotatable bonds is 4. The molecule has 0 spiro atoms. The first-order valence-corrected chi connectivity index (χ1v) is 8.19. The van der Waals surface area contributed by atoms with Crippen LogP contribution in [0.5, 0.6) is 0 Å². The van der Waals surface area contributed by atoms with E-state index >= 15 is 0 Å². The lowest BCUT2D eigenvalue weighted by molar-refractivity contribution is -0.0648. The molecule has 0 aliphatic carbocycles. The van der Waals surface area contributed by atoms with Gasteiger partial charge in [0, 0.05) is 25.2 Å². The van der Waals surface area contributed by atoms with Crippen LogP contribution in [0.3, 0.4) is 0 Å². The third-order valence-corrected chi connectivity index (χ3v) is 3.98. The van der Waals surface area contributed by atoms with Crippen molar-refractivity contribution >= 4 is 6.09 Å². The molecular weight excluding hydrogens is 292 g/mol. The third-order valence-electron chi connectivity index (χ3n) is 3.98. The second-order valence-electron chi connectivity index (χ2n) is 7.44. The Kier molecular flexibility index (Phi) is 5.65. The summed E-state index contributed by atoms with van der Waals surface area (Å²) in [6.45, 7) is 8.22. The van der Waals surface area contributed by atoms with Crippen molar-refractivity contribution in [3.8, 4) is 0 Å². The van der Waals surface area contributed by atoms with Gasteiger partial charge in [0.25, 0.3) is 0 Å². The second-order valence-corrected chi connectivity index (χ2v) is 7.44. The molecule has 5 nitrogen and oxygen atoms in total. The Morgan fingerprint density at radius 2 is 1.87 bits per heavy atom. The molecule has 2 rings (SSSR count). The van der Waals surface area contributed by atoms with Gasteiger partial charge in [-0.2, -0.15) is 0 Å². The smallest absolute Gasteiger partial charge is 0.407 e. The normalized spacial score (nSPS) is 18.4. The molecule has 1 amide bonds. The molecule has 0 atom stereocenters. The Bertz CT molecular complexity index is 503. The number of hydrogen-bond acceptors (Lipinski definition) is 4. The first-order chi connectivity index (χ1) is 10.8. The summed E-state index contributed by atoms with van der Waals surface area (Å²) in [4.78, 5) is 14.0. The molecule has 1 aliphatic heterocycles. The van der Waals surface area contributed by atoms with Crippen molar-refractivity contribution in [2.24, 2.45) is 0 Å². The molecule has 1 aromatic carbocycles. The van der Waals surface area contributed by atoms with E-state index in [4.69, 9.17) is 4.74 Å². The van der Waals surface area contributed by atoms with Crippen LogP contribution in [0.25, 0.3) is 0 Å². The van der Waals surface area contributed by atoms with Gasteiger partial charge in [-0.15, -0.1) is 0 Å². The first-order valence-electron chi connectivity index (χ1n) is 8.19. The number of likely N-dealkylation sites (tertiary alicyclic amines) is 1. The minimum Gasteiger partial charge on any atom is -0.446 e. The molecule has 0 unspecified atom stereocenters. The standard InChI is InChI=1S/C18H28N2O3/c1-17(2,3)19-16(21)23-14-18(22)9-11-20(12-10-18)13-15-7-5-4-6-8-15/h4-8,22H,9-14H2,1-3H3,(H,19,21). The highest BCUT2D eigenvalue weighted by Gasteiger charge is 2.34. The van der Waals surface area contributed by atoms with E-state index in [1.54, 1.807) is 0 Å². The van der Waals surface area contributed by atoms with Gasteiger partial charge < -0.3 is 15.2 Å². The Hall–Kier alpha value is -1.59. The highest BCUT2D eigenvalue weighted by Crippen LogP contribution is 2.24. The second kappa shape index (κ2) is 7.32. The Morgan fingerprint density at radius 1 is 1.26 bits per heavy atom. The molecule has 1 saturated heterocycles. The minimum atomic E-state index is -0.914. The van der Waals surface area contributed by atoms with Crippen molar-refractivity contribution in [3.63, 3.8) is 0 Å². The number of piperidine rings is 1. The van der Waals surface area contributed by atoms with Crippen molar-refractivity contribution in [1.29, 1.82) is 0 Å². The zero-order valence-corrected chi connectivity index (χ0v) is 14.3. The molecule has 2 N–H and O–H groups in total. The van der Waals surface area contributed by atoms with E-state index in [2.05, 4.69) is 22.3 Å². The third kappa shape index (κ3) is 6.20. The summed E-state index contributed by atoms with van der Waals surface area (Å²) in [6, 6.07) is 10.3. The van der Waals surface area contributed by atoms with E-state index in [1.807, 2.05) is 39.0 Å². The number of carbonyl (C=O) groups excluding carboxylic acids is 1. The lowest BCUT2D eigenvalue weighted by atomic mass is 9.92. The molecule has 1 aromatic rings. The van der Waals surface area contributed by atoms with E-state index < -0.39 is 11.7 Å². The maximum atomic E-state index is 11.7. The van der Waals surface area contributed by atoms with Gasteiger partial charge in [-0.1, -0.05) is 30.3 Å². The lowest BCUT2D eigenvalue weighted by Crippen LogP contribution is -2.49. The van der Waals surface area contributed by atoms with Gasteiger partial charge in [0.2, 0.25) is 0 Å². The molecule has 1 fully saturated rings. The maximum absolute atomic E-state index is 11.7. The molecule has 0 radical (unpaired) electrons. The van der Waals surface area contributed by atoms with Gasteiger partial charge in [-0.3, -0.25) is 4.90 Å². The summed E-state index contributed by atoms with van der Waals surface area (Å²) in [7, 11) is 0. The number of ether oxygens (including phenoxy) is 1. The molecule has 1 heterocycles. The topological polar surface area (TPSA) is 61.8 Å². The Morgan fingerprint density at radius 3 is 2.43 bits per heavy atom. The summed E-state index contributed by atoms with van der Waals surface area (Å²) in [5.41, 5.74) is 0.0278. The number of nitrogens with one attached hydrogen (secondary N) is 1. The predicted octanol–water partition coefficient (Wildman–Crippen LogP) is 2.54. The van der Waals surface area contributed by atoms with Gasteiger partial charge in [-0.05, 0) is 39.2 Å². The molecule has 23 heavy (non-hydrogen) atoms. The maximum Gasteiger partial charge on any atom is 0.407 e. The first kappa shape index (κ1) is 17.8. The fourth-order valence-electron chi connectivity index (χ4n) is 2.66. The van der Waals surface area contributed by atoms with Crippen LogP contribution >= 0.6 is 0 Å². The van der Waals surface area contributed by atoms with Crippen LogP contribution in [0.2, 0.25) is 0 Å². The summed E-state index contributed by atoms with van der Waals surface area (Å²) < 4.78 is 5.20. The van der Waals surface area contributed by atoms with E-state index in [0.717, 1.165) is 19.6 Å². The van der Waals surface area contributed by atoms with E-state index in [0.29, 0.717) is 12.8 Å². The molecule has 5 heteroatoms. The molecule has 1 aliphatic rings. The number of hydrogen-bond donors (Lipinski definition) is 2. The monoisotopic (exact) mass is 320 g/mol. The molecule has 0 saturated carbocycles. The summed E-state index contributed by atoms with van der Waals surface area (Å²) in [5, 5.41) is 13.3. The SMILES string of the molecule is CC(C)(C)NC(=O)OCC1(O)CCN(Cc2ccccc2)CC1. The zero-order valence-electron chi connectivity index (χ0n) is 14.3. The van der Waals surface area contributed by atoms with Gasteiger partial charge in [-0.25, -0.2) is 4.79 Å². The number of amides is 1. The highest BCUT2D eigenvalue weighted by molar-refractivity contribution is 5.68. The number of benzene rings is 1. The Labute approximate surface area is 138 Å². The average Bonchev–Trinajstić information content (AvgIpc) is 2.48. The molecule has 128 valence electrons. The highest BCUT2D eigenvalue weighted by atomic mass is 16.6. The Balaban J connectivity index is 1.75. The van der Waals surface area contributed by atoms with Crippen molar-refractivity contribution in [2.75, 3.05) is 19.7 Å². The van der Waals surface area contributed by atoms with E-state index in [9.17, 15) is 9.90 Å². The van der Waals surface area contributed by atoms with Gasteiger partial charge in [0.1, 0.15) is 12.2 Å². The number of alkyl carbamates (subject to hydrolysis) is 1. The average molecular weight is 320 g/mol. The lowest BCUT2D eigenvalue weighted by Gasteiger charge is -2.37. The quantitative estimate of drug-likeness (QED) is 0.895. The fourth-order valence-corrected chi connectivity index (χ4v) is 2.66. The molecule has 0 aromatic heterocycles. The van der Waals surface area contributed by atoms with Crippen molar-refractivity contribution in [3.05, 3.63) is 35.9 Å². The predicted molar refractivity (Wildman–Crippen MR) is 90.1 cm³/mol. The molecular formula is C18H28N2O3. The van der Waals surface area contributed by atoms with Crippen LogP contribution in [0, 0.1) is 0 Å². The summed E-state index contributed by atoms with van der Waals surface area (Å²) in [6.07, 6.45) is 0.753. The van der Waals surface area contributed by atoms with Crippen molar-refractivity contribution in [1.82, 2.24) is 10.2 Å². The fraction of sp³-hybridized carbons (Fsp3) is 0.611. The largest absolute Gasteiger partial charge is 0.446 e. The van der Waals surface area contributed by atoms with E-state index in [-0.39, 0.29) is 12.1 Å². The van der Waals surface area contributed by atoms with Crippen LogP contribution in [0.4, 0.5) is 4.79 Å². The summed E-state index contributed by atoms with van der Waals surface area (Å²) >= 11 is 0. The van der Waals surface area contributed by atoms with Gasteiger partial charge in [0.15, 0.2) is 0 Å². The summed E-state index contributed by atoms with van der Waals surface area (Å²) in [5.74, 6) is 0. The van der Waals surface area contributed by atoms with Gasteiger partial charge in [0.05, 0.1) is 0 Å². The molecule has 0 bridgehead atoms. The number of nitrogens with zero attached hydrogens (tertiary/aromatic N) is 1. The minimum absolute atomic E-state index is 0.0497.